The van der Waals surface area contributed by atoms with E-state index in [0.717, 1.165) is 17.6 Å². The fourth-order valence-corrected chi connectivity index (χ4v) is 1.65. The summed E-state index contributed by atoms with van der Waals surface area (Å²) in [6.45, 7) is 6.31. The third kappa shape index (κ3) is 4.63. The average molecular weight is 278 g/mol. The number of aliphatic hydroxyl groups excluding tert-OH is 1. The summed E-state index contributed by atoms with van der Waals surface area (Å²) in [6.07, 6.45) is 4.22. The van der Waals surface area contributed by atoms with Crippen LogP contribution in [0.4, 0.5) is 0 Å². The molecule has 0 saturated carbocycles. The van der Waals surface area contributed by atoms with E-state index in [2.05, 4.69) is 6.58 Å². The molecule has 0 aliphatic carbocycles. The Balaban J connectivity index is 3.01. The first kappa shape index (κ1) is 16.1. The molecule has 0 fully saturated rings. The Morgan fingerprint density at radius 1 is 1.25 bits per heavy atom. The Kier molecular flexibility index (Phi) is 6.67. The van der Waals surface area contributed by atoms with Crippen LogP contribution in [0.3, 0.4) is 0 Å². The lowest BCUT2D eigenvalue weighted by atomic mass is 10.1. The van der Waals surface area contributed by atoms with Crippen molar-refractivity contribution in [1.82, 2.24) is 0 Å². The monoisotopic (exact) mass is 278 g/mol. The number of hydrogen-bond donors (Lipinski definition) is 1. The van der Waals surface area contributed by atoms with Crippen LogP contribution >= 0.6 is 0 Å². The summed E-state index contributed by atoms with van der Waals surface area (Å²) < 4.78 is 16.4. The summed E-state index contributed by atoms with van der Waals surface area (Å²) >= 11 is 0. The normalized spacial score (nSPS) is 10.6. The molecule has 0 amide bonds. The zero-order chi connectivity index (χ0) is 15.0. The molecular formula is C16H22O4. The molecule has 0 aliphatic rings. The number of hydrogen-bond acceptors (Lipinski definition) is 4. The van der Waals surface area contributed by atoms with Gasteiger partial charge in [0.05, 0.1) is 27.4 Å². The fraction of sp³-hybridized carbons (Fsp3) is 0.375. The van der Waals surface area contributed by atoms with Crippen molar-refractivity contribution in [1.29, 1.82) is 0 Å². The molecule has 4 nitrogen and oxygen atoms in total. The molecule has 0 aliphatic heterocycles. The highest BCUT2D eigenvalue weighted by Crippen LogP contribution is 2.39. The molecule has 4 heteroatoms. The topological polar surface area (TPSA) is 47.9 Å². The van der Waals surface area contributed by atoms with E-state index in [1.54, 1.807) is 26.4 Å². The van der Waals surface area contributed by atoms with Crippen molar-refractivity contribution in [2.24, 2.45) is 0 Å². The van der Waals surface area contributed by atoms with Gasteiger partial charge in [-0.1, -0.05) is 17.7 Å². The van der Waals surface area contributed by atoms with Gasteiger partial charge in [0.15, 0.2) is 11.5 Å². The van der Waals surface area contributed by atoms with Gasteiger partial charge in [-0.05, 0) is 24.6 Å². The molecule has 0 heterocycles. The number of benzene rings is 1. The largest absolute Gasteiger partial charge is 0.493 e. The Hall–Kier alpha value is -1.94. The van der Waals surface area contributed by atoms with Crippen molar-refractivity contribution in [2.45, 2.75) is 13.3 Å². The number of rotatable bonds is 8. The minimum Gasteiger partial charge on any atom is -0.493 e. The van der Waals surface area contributed by atoms with Crippen LogP contribution in [-0.4, -0.2) is 32.5 Å². The third-order valence-electron chi connectivity index (χ3n) is 2.67. The first-order chi connectivity index (χ1) is 9.62. The van der Waals surface area contributed by atoms with Crippen LogP contribution in [0.15, 0.2) is 30.4 Å². The van der Waals surface area contributed by atoms with Crippen LogP contribution < -0.4 is 14.2 Å². The second-order valence-corrected chi connectivity index (χ2v) is 4.40. The SMILES string of the molecule is C=C(C)CCOc1c(OC)cc(/C=C/CO)cc1OC. The minimum absolute atomic E-state index is 0.0124. The van der Waals surface area contributed by atoms with E-state index in [0.29, 0.717) is 23.9 Å². The van der Waals surface area contributed by atoms with Gasteiger partial charge >= 0.3 is 0 Å². The predicted octanol–water partition coefficient (Wildman–Crippen LogP) is 3.05. The standard InChI is InChI=1S/C16H22O4/c1-12(2)7-9-20-16-14(18-3)10-13(6-5-8-17)11-15(16)19-4/h5-6,10-11,17H,1,7-9H2,2-4H3/b6-5+. The predicted molar refractivity (Wildman–Crippen MR) is 80.6 cm³/mol. The van der Waals surface area contributed by atoms with Gasteiger partial charge in [-0.2, -0.15) is 0 Å². The van der Waals surface area contributed by atoms with Crippen LogP contribution in [-0.2, 0) is 0 Å². The van der Waals surface area contributed by atoms with Crippen molar-refractivity contribution < 1.29 is 19.3 Å². The second kappa shape index (κ2) is 8.27. The van der Waals surface area contributed by atoms with Gasteiger partial charge in [0.25, 0.3) is 0 Å². The van der Waals surface area contributed by atoms with Gasteiger partial charge < -0.3 is 19.3 Å². The maximum atomic E-state index is 8.82. The van der Waals surface area contributed by atoms with E-state index in [1.165, 1.54) is 0 Å². The molecule has 1 aromatic rings. The Labute approximate surface area is 120 Å². The van der Waals surface area contributed by atoms with Crippen molar-refractivity contribution >= 4 is 6.08 Å². The van der Waals surface area contributed by atoms with Crippen molar-refractivity contribution in [3.63, 3.8) is 0 Å². The molecule has 0 bridgehead atoms. The molecule has 1 N–H and O–H groups in total. The van der Waals surface area contributed by atoms with E-state index in [-0.39, 0.29) is 6.61 Å². The lowest BCUT2D eigenvalue weighted by molar-refractivity contribution is 0.277. The van der Waals surface area contributed by atoms with Gasteiger partial charge in [0.1, 0.15) is 0 Å². The molecule has 0 unspecified atom stereocenters. The van der Waals surface area contributed by atoms with Crippen molar-refractivity contribution in [2.75, 3.05) is 27.4 Å². The molecule has 1 rings (SSSR count). The summed E-state index contributed by atoms with van der Waals surface area (Å²) in [6, 6.07) is 3.68. The maximum absolute atomic E-state index is 8.82. The summed E-state index contributed by atoms with van der Waals surface area (Å²) in [5, 5.41) is 8.82. The zero-order valence-electron chi connectivity index (χ0n) is 12.3. The van der Waals surface area contributed by atoms with Gasteiger partial charge in [-0.3, -0.25) is 0 Å². The fourth-order valence-electron chi connectivity index (χ4n) is 1.65. The molecular weight excluding hydrogens is 256 g/mol. The minimum atomic E-state index is -0.0124. The van der Waals surface area contributed by atoms with Crippen LogP contribution in [0, 0.1) is 0 Å². The van der Waals surface area contributed by atoms with Gasteiger partial charge in [0.2, 0.25) is 5.75 Å². The van der Waals surface area contributed by atoms with E-state index in [4.69, 9.17) is 19.3 Å². The van der Waals surface area contributed by atoms with E-state index in [1.807, 2.05) is 19.1 Å². The lowest BCUT2D eigenvalue weighted by Gasteiger charge is -2.15. The van der Waals surface area contributed by atoms with Crippen LogP contribution in [0.25, 0.3) is 6.08 Å². The molecule has 20 heavy (non-hydrogen) atoms. The average Bonchev–Trinajstić information content (AvgIpc) is 2.44. The van der Waals surface area contributed by atoms with Crippen LogP contribution in [0.2, 0.25) is 0 Å². The molecule has 0 spiro atoms. The second-order valence-electron chi connectivity index (χ2n) is 4.40. The Bertz CT molecular complexity index is 452. The first-order valence-corrected chi connectivity index (χ1v) is 6.43. The zero-order valence-corrected chi connectivity index (χ0v) is 12.3. The molecule has 1 aromatic carbocycles. The van der Waals surface area contributed by atoms with E-state index < -0.39 is 0 Å². The number of aliphatic hydroxyl groups is 1. The lowest BCUT2D eigenvalue weighted by Crippen LogP contribution is -2.02. The van der Waals surface area contributed by atoms with E-state index in [9.17, 15) is 0 Å². The van der Waals surface area contributed by atoms with Gasteiger partial charge in [-0.25, -0.2) is 0 Å². The Morgan fingerprint density at radius 2 is 1.85 bits per heavy atom. The maximum Gasteiger partial charge on any atom is 0.203 e. The van der Waals surface area contributed by atoms with Crippen LogP contribution in [0.5, 0.6) is 17.2 Å². The summed E-state index contributed by atoms with van der Waals surface area (Å²) in [5.74, 6) is 1.78. The molecule has 0 radical (unpaired) electrons. The number of methoxy groups -OCH3 is 2. The third-order valence-corrected chi connectivity index (χ3v) is 2.67. The smallest absolute Gasteiger partial charge is 0.203 e. The van der Waals surface area contributed by atoms with Crippen LogP contribution in [0.1, 0.15) is 18.9 Å². The highest BCUT2D eigenvalue weighted by atomic mass is 16.5. The molecule has 0 saturated heterocycles. The number of ether oxygens (including phenoxy) is 3. The van der Waals surface area contributed by atoms with E-state index >= 15 is 0 Å². The van der Waals surface area contributed by atoms with Gasteiger partial charge in [0, 0.05) is 6.42 Å². The van der Waals surface area contributed by atoms with Gasteiger partial charge in [-0.15, -0.1) is 6.58 Å². The highest BCUT2D eigenvalue weighted by molar-refractivity contribution is 5.62. The molecule has 110 valence electrons. The van der Waals surface area contributed by atoms with Crippen molar-refractivity contribution in [3.05, 3.63) is 35.9 Å². The Morgan fingerprint density at radius 3 is 2.30 bits per heavy atom. The molecule has 0 atom stereocenters. The first-order valence-electron chi connectivity index (χ1n) is 6.43. The summed E-state index contributed by atoms with van der Waals surface area (Å²) in [7, 11) is 3.17. The highest BCUT2D eigenvalue weighted by Gasteiger charge is 2.13. The quantitative estimate of drug-likeness (QED) is 0.742. The molecule has 0 aromatic heterocycles. The van der Waals surface area contributed by atoms with Crippen molar-refractivity contribution in [3.8, 4) is 17.2 Å². The summed E-state index contributed by atoms with van der Waals surface area (Å²) in [4.78, 5) is 0. The summed E-state index contributed by atoms with van der Waals surface area (Å²) in [5.41, 5.74) is 1.94.